The number of rotatable bonds is 1. The summed E-state index contributed by atoms with van der Waals surface area (Å²) in [6.45, 7) is 2.74. The molecular weight excluding hydrogens is 208 g/mol. The third kappa shape index (κ3) is 1.94. The van der Waals surface area contributed by atoms with Crippen LogP contribution in [0.25, 0.3) is 0 Å². The highest BCUT2D eigenvalue weighted by molar-refractivity contribution is 5.72. The molecule has 0 heterocycles. The summed E-state index contributed by atoms with van der Waals surface area (Å²) in [5, 5.41) is 27.2. The molecule has 1 aromatic carbocycles. The molecule has 0 spiro atoms. The quantitative estimate of drug-likeness (QED) is 0.565. The number of hydrogen-bond donors (Lipinski definition) is 1. The van der Waals surface area contributed by atoms with Gasteiger partial charge in [0.15, 0.2) is 5.75 Å². The molecule has 0 aliphatic rings. The van der Waals surface area contributed by atoms with Crippen LogP contribution in [0.15, 0.2) is 6.07 Å². The summed E-state index contributed by atoms with van der Waals surface area (Å²) in [4.78, 5) is 10.8. The minimum Gasteiger partial charge on any atom is -0.506 e. The zero-order chi connectivity index (χ0) is 12.3. The van der Waals surface area contributed by atoms with E-state index in [2.05, 4.69) is 0 Å². The van der Waals surface area contributed by atoms with Crippen LogP contribution in [-0.2, 0) is 4.79 Å². The zero-order valence-electron chi connectivity index (χ0n) is 8.74. The lowest BCUT2D eigenvalue weighted by Crippen LogP contribution is -2.04. The van der Waals surface area contributed by atoms with E-state index in [0.29, 0.717) is 5.56 Å². The molecule has 0 aliphatic heterocycles. The van der Waals surface area contributed by atoms with Crippen LogP contribution >= 0.6 is 0 Å². The number of carbonyl (C=O) groups is 1. The molecule has 0 radical (unpaired) electrons. The van der Waals surface area contributed by atoms with Crippen LogP contribution in [0.5, 0.6) is 11.5 Å². The average Bonchev–Trinajstić information content (AvgIpc) is 2.21. The normalized spacial score (nSPS) is 9.00. The molecule has 0 saturated heterocycles. The van der Waals surface area contributed by atoms with Crippen LogP contribution in [0.4, 0.5) is 0 Å². The number of hydrogen-bond acceptors (Lipinski definition) is 5. The molecule has 0 atom stereocenters. The minimum atomic E-state index is -0.592. The van der Waals surface area contributed by atoms with Gasteiger partial charge in [-0.2, -0.15) is 10.5 Å². The maximum atomic E-state index is 10.8. The maximum Gasteiger partial charge on any atom is 0.308 e. The van der Waals surface area contributed by atoms with Crippen molar-refractivity contribution in [3.63, 3.8) is 0 Å². The fraction of sp³-hybridized carbons (Fsp3) is 0.182. The Hall–Kier alpha value is -2.53. The number of aromatic hydroxyl groups is 1. The van der Waals surface area contributed by atoms with Crippen molar-refractivity contribution in [3.05, 3.63) is 22.8 Å². The predicted molar refractivity (Wildman–Crippen MR) is 53.6 cm³/mol. The van der Waals surface area contributed by atoms with Gasteiger partial charge in [0.1, 0.15) is 29.0 Å². The zero-order valence-corrected chi connectivity index (χ0v) is 8.74. The summed E-state index contributed by atoms with van der Waals surface area (Å²) >= 11 is 0. The van der Waals surface area contributed by atoms with Gasteiger partial charge in [-0.1, -0.05) is 0 Å². The summed E-state index contributed by atoms with van der Waals surface area (Å²) in [7, 11) is 0. The van der Waals surface area contributed by atoms with Crippen molar-refractivity contribution in [3.8, 4) is 23.6 Å². The lowest BCUT2D eigenvalue weighted by molar-refractivity contribution is -0.131. The molecule has 0 aliphatic carbocycles. The Morgan fingerprint density at radius 1 is 1.38 bits per heavy atom. The van der Waals surface area contributed by atoms with Gasteiger partial charge in [0, 0.05) is 6.92 Å². The highest BCUT2D eigenvalue weighted by Gasteiger charge is 2.17. The van der Waals surface area contributed by atoms with Gasteiger partial charge in [0.05, 0.1) is 0 Å². The highest BCUT2D eigenvalue weighted by Crippen LogP contribution is 2.32. The van der Waals surface area contributed by atoms with Crippen molar-refractivity contribution in [2.75, 3.05) is 0 Å². The van der Waals surface area contributed by atoms with Gasteiger partial charge >= 0.3 is 5.97 Å². The van der Waals surface area contributed by atoms with Crippen molar-refractivity contribution in [2.24, 2.45) is 0 Å². The first-order valence-corrected chi connectivity index (χ1v) is 4.36. The molecule has 5 heteroatoms. The number of phenols is 1. The van der Waals surface area contributed by atoms with Crippen LogP contribution < -0.4 is 4.74 Å². The second-order valence-corrected chi connectivity index (χ2v) is 3.11. The molecule has 0 amide bonds. The minimum absolute atomic E-state index is 0.0122. The van der Waals surface area contributed by atoms with Gasteiger partial charge in [-0.05, 0) is 18.6 Å². The van der Waals surface area contributed by atoms with E-state index in [4.69, 9.17) is 15.3 Å². The maximum absolute atomic E-state index is 10.8. The Bertz CT molecular complexity index is 536. The van der Waals surface area contributed by atoms with Crippen molar-refractivity contribution in [1.82, 2.24) is 0 Å². The predicted octanol–water partition coefficient (Wildman–Crippen LogP) is 1.37. The number of benzene rings is 1. The Morgan fingerprint density at radius 2 is 1.94 bits per heavy atom. The third-order valence-electron chi connectivity index (χ3n) is 1.93. The lowest BCUT2D eigenvalue weighted by Gasteiger charge is -2.08. The van der Waals surface area contributed by atoms with Gasteiger partial charge in [-0.25, -0.2) is 0 Å². The molecule has 1 rings (SSSR count). The smallest absolute Gasteiger partial charge is 0.308 e. The SMILES string of the molecule is CC(=O)Oc1cc(C)c(O)c(C#N)c1C#N. The van der Waals surface area contributed by atoms with Crippen LogP contribution in [0.3, 0.4) is 0 Å². The molecular formula is C11H8N2O3. The van der Waals surface area contributed by atoms with Crippen LogP contribution in [0, 0.1) is 29.6 Å². The van der Waals surface area contributed by atoms with Crippen molar-refractivity contribution < 1.29 is 14.6 Å². The van der Waals surface area contributed by atoms with Crippen LogP contribution in [0.1, 0.15) is 23.6 Å². The Labute approximate surface area is 92.1 Å². The summed E-state index contributed by atoms with van der Waals surface area (Å²) in [5.74, 6) is -0.873. The first-order valence-electron chi connectivity index (χ1n) is 4.36. The van der Waals surface area contributed by atoms with E-state index in [1.54, 1.807) is 19.1 Å². The highest BCUT2D eigenvalue weighted by atomic mass is 16.5. The van der Waals surface area contributed by atoms with Crippen molar-refractivity contribution >= 4 is 5.97 Å². The van der Waals surface area contributed by atoms with Crippen LogP contribution in [-0.4, -0.2) is 11.1 Å². The number of nitriles is 2. The van der Waals surface area contributed by atoms with Gasteiger partial charge in [-0.3, -0.25) is 4.79 Å². The number of ether oxygens (including phenoxy) is 1. The fourth-order valence-corrected chi connectivity index (χ4v) is 1.23. The van der Waals surface area contributed by atoms with Gasteiger partial charge in [-0.15, -0.1) is 0 Å². The summed E-state index contributed by atoms with van der Waals surface area (Å²) in [6.07, 6.45) is 0. The Morgan fingerprint density at radius 3 is 2.38 bits per heavy atom. The van der Waals surface area contributed by atoms with E-state index in [9.17, 15) is 9.90 Å². The van der Waals surface area contributed by atoms with E-state index in [0.717, 1.165) is 0 Å². The molecule has 0 bridgehead atoms. The molecule has 16 heavy (non-hydrogen) atoms. The monoisotopic (exact) mass is 216 g/mol. The summed E-state index contributed by atoms with van der Waals surface area (Å²) in [6, 6.07) is 4.78. The standard InChI is InChI=1S/C11H8N2O3/c1-6-3-10(16-7(2)14)8(4-12)9(5-13)11(6)15/h3,15H,1-2H3. The topological polar surface area (TPSA) is 94.1 Å². The molecule has 0 saturated carbocycles. The van der Waals surface area contributed by atoms with E-state index >= 15 is 0 Å². The second-order valence-electron chi connectivity index (χ2n) is 3.11. The fourth-order valence-electron chi connectivity index (χ4n) is 1.23. The Kier molecular flexibility index (Phi) is 3.12. The van der Waals surface area contributed by atoms with Gasteiger partial charge in [0.25, 0.3) is 0 Å². The average molecular weight is 216 g/mol. The van der Waals surface area contributed by atoms with Gasteiger partial charge in [0.2, 0.25) is 0 Å². The van der Waals surface area contributed by atoms with E-state index in [-0.39, 0.29) is 22.6 Å². The lowest BCUT2D eigenvalue weighted by atomic mass is 10.0. The second kappa shape index (κ2) is 4.33. The number of aryl methyl sites for hydroxylation is 1. The summed E-state index contributed by atoms with van der Waals surface area (Å²) in [5.41, 5.74) is 0.0475. The van der Waals surface area contributed by atoms with Crippen molar-refractivity contribution in [2.45, 2.75) is 13.8 Å². The van der Waals surface area contributed by atoms with E-state index in [1.807, 2.05) is 0 Å². The number of esters is 1. The number of nitrogens with zero attached hydrogens (tertiary/aromatic N) is 2. The molecule has 0 unspecified atom stereocenters. The Balaban J connectivity index is 3.53. The van der Waals surface area contributed by atoms with E-state index < -0.39 is 5.97 Å². The molecule has 1 aromatic rings. The summed E-state index contributed by atoms with van der Waals surface area (Å²) < 4.78 is 4.79. The largest absolute Gasteiger partial charge is 0.506 e. The van der Waals surface area contributed by atoms with Crippen LogP contribution in [0.2, 0.25) is 0 Å². The first kappa shape index (κ1) is 11.5. The van der Waals surface area contributed by atoms with Gasteiger partial charge < -0.3 is 9.84 Å². The molecule has 5 nitrogen and oxygen atoms in total. The molecule has 1 N–H and O–H groups in total. The molecule has 80 valence electrons. The first-order chi connectivity index (χ1) is 7.51. The molecule has 0 fully saturated rings. The van der Waals surface area contributed by atoms with Crippen molar-refractivity contribution in [1.29, 1.82) is 10.5 Å². The van der Waals surface area contributed by atoms with E-state index in [1.165, 1.54) is 13.0 Å². The molecule has 0 aromatic heterocycles. The number of carbonyl (C=O) groups excluding carboxylic acids is 1. The number of phenolic OH excluding ortho intramolecular Hbond substituents is 1. The third-order valence-corrected chi connectivity index (χ3v) is 1.93.